The molecular weight excluding hydrogens is 544 g/mol. The molecule has 0 aliphatic carbocycles. The van der Waals surface area contributed by atoms with Crippen LogP contribution in [0.1, 0.15) is 10.7 Å². The predicted molar refractivity (Wildman–Crippen MR) is 119 cm³/mol. The minimum absolute atomic E-state index is 0.188. The fraction of sp³-hybridized carbons (Fsp3) is 0.250. The molecule has 0 saturated carbocycles. The Morgan fingerprint density at radius 1 is 1.45 bits per heavy atom. The van der Waals surface area contributed by atoms with Gasteiger partial charge in [0.25, 0.3) is 15.1 Å². The maximum atomic E-state index is 11.6. The van der Waals surface area contributed by atoms with Gasteiger partial charge in [-0.3, -0.25) is 4.55 Å². The summed E-state index contributed by atoms with van der Waals surface area (Å²) in [5.41, 5.74) is 1.52. The summed E-state index contributed by atoms with van der Waals surface area (Å²) in [6.45, 7) is -0.188. The Morgan fingerprint density at radius 3 is 2.90 bits per heavy atom. The van der Waals surface area contributed by atoms with Crippen LogP contribution in [0, 0.1) is 0 Å². The first-order valence-corrected chi connectivity index (χ1v) is 13.5. The number of halogens is 2. The average molecular weight is 557 g/mol. The van der Waals surface area contributed by atoms with Crippen LogP contribution < -0.4 is 9.47 Å². The number of aromatic nitrogens is 1. The van der Waals surface area contributed by atoms with Gasteiger partial charge in [0.1, 0.15) is 4.21 Å². The van der Waals surface area contributed by atoms with Gasteiger partial charge in [0, 0.05) is 9.92 Å². The molecular formula is C16H13BrClN2O5S4+. The molecule has 1 unspecified atom stereocenters. The number of nitrogens with zero attached hydrogens (tertiary/aromatic N) is 2. The zero-order valence-electron chi connectivity index (χ0n) is 14.4. The summed E-state index contributed by atoms with van der Waals surface area (Å²) < 4.78 is 35.6. The number of carboxylic acid groups (broad SMARTS) is 1. The van der Waals surface area contributed by atoms with E-state index in [1.807, 2.05) is 0 Å². The number of fused-ring (bicyclic) bond motifs is 2. The predicted octanol–water partition coefficient (Wildman–Crippen LogP) is 3.90. The van der Waals surface area contributed by atoms with Gasteiger partial charge < -0.3 is 10.0 Å². The summed E-state index contributed by atoms with van der Waals surface area (Å²) in [5, 5.41) is 11.1. The number of hydrogen-bond acceptors (Lipinski definition) is 7. The SMILES string of the molecule is O=C(O)C[n+]1c(/C=C2\Sc3ccc(Cl)cc3N2CS(=O)(=O)O)sc2c1CC(Br)S2. The summed E-state index contributed by atoms with van der Waals surface area (Å²) in [6.07, 6.45) is 2.46. The van der Waals surface area contributed by atoms with Crippen LogP contribution in [0.4, 0.5) is 5.69 Å². The number of carbonyl (C=O) groups is 1. The Bertz CT molecular complexity index is 1150. The molecule has 0 fully saturated rings. The van der Waals surface area contributed by atoms with Gasteiger partial charge in [-0.25, -0.2) is 4.79 Å². The van der Waals surface area contributed by atoms with Gasteiger partial charge >= 0.3 is 5.97 Å². The lowest BCUT2D eigenvalue weighted by molar-refractivity contribution is -0.690. The molecule has 0 amide bonds. The third-order valence-electron chi connectivity index (χ3n) is 4.14. The Hall–Kier alpha value is -0.760. The van der Waals surface area contributed by atoms with Crippen molar-refractivity contribution in [2.45, 2.75) is 26.2 Å². The number of carboxylic acids is 1. The Labute approximate surface area is 192 Å². The van der Waals surface area contributed by atoms with Crippen LogP contribution in [0.2, 0.25) is 5.02 Å². The molecule has 2 N–H and O–H groups in total. The molecule has 0 bridgehead atoms. The number of hydrogen-bond donors (Lipinski definition) is 2. The highest BCUT2D eigenvalue weighted by molar-refractivity contribution is 9.11. The topological polar surface area (TPSA) is 98.8 Å². The highest BCUT2D eigenvalue weighted by Crippen LogP contribution is 2.49. The summed E-state index contributed by atoms with van der Waals surface area (Å²) in [7, 11) is -4.30. The molecule has 1 aromatic carbocycles. The fourth-order valence-corrected chi connectivity index (χ4v) is 8.85. The van der Waals surface area contributed by atoms with Crippen molar-refractivity contribution in [3.05, 3.63) is 39.0 Å². The fourth-order valence-electron chi connectivity index (χ4n) is 3.05. The van der Waals surface area contributed by atoms with E-state index in [-0.39, 0.29) is 10.7 Å². The van der Waals surface area contributed by atoms with Crippen LogP contribution >= 0.6 is 62.4 Å². The summed E-state index contributed by atoms with van der Waals surface area (Å²) >= 11 is 14.1. The summed E-state index contributed by atoms with van der Waals surface area (Å²) in [5.74, 6) is -1.58. The van der Waals surface area contributed by atoms with E-state index < -0.39 is 22.0 Å². The molecule has 1 atom stereocenters. The van der Waals surface area contributed by atoms with Gasteiger partial charge in [0.2, 0.25) is 12.2 Å². The average Bonchev–Trinajstić information content (AvgIpc) is 3.20. The van der Waals surface area contributed by atoms with Crippen molar-refractivity contribution in [1.29, 1.82) is 0 Å². The van der Waals surface area contributed by atoms with Crippen molar-refractivity contribution >= 4 is 90.2 Å². The second kappa shape index (κ2) is 8.06. The van der Waals surface area contributed by atoms with Crippen LogP contribution in [0.3, 0.4) is 0 Å². The first-order valence-electron chi connectivity index (χ1n) is 8.10. The third-order valence-corrected chi connectivity index (χ3v) is 9.33. The molecule has 2 aliphatic heterocycles. The van der Waals surface area contributed by atoms with Crippen LogP contribution in [-0.2, 0) is 27.9 Å². The van der Waals surface area contributed by atoms with E-state index in [1.165, 1.54) is 28.0 Å². The second-order valence-corrected chi connectivity index (χ2v) is 13.4. The number of alkyl halides is 1. The van der Waals surface area contributed by atoms with E-state index in [9.17, 15) is 22.9 Å². The maximum Gasteiger partial charge on any atom is 0.370 e. The lowest BCUT2D eigenvalue weighted by Gasteiger charge is -2.18. The molecule has 13 heteroatoms. The van der Waals surface area contributed by atoms with Gasteiger partial charge in [0.15, 0.2) is 5.88 Å². The second-order valence-electron chi connectivity index (χ2n) is 6.22. The van der Waals surface area contributed by atoms with Crippen molar-refractivity contribution < 1.29 is 27.4 Å². The van der Waals surface area contributed by atoms with Crippen molar-refractivity contribution in [3.63, 3.8) is 0 Å². The normalized spacial score (nSPS) is 19.6. The largest absolute Gasteiger partial charge is 0.477 e. The number of thiazole rings is 1. The molecule has 4 rings (SSSR count). The minimum Gasteiger partial charge on any atom is -0.477 e. The zero-order chi connectivity index (χ0) is 20.9. The summed E-state index contributed by atoms with van der Waals surface area (Å²) in [4.78, 5) is 13.7. The van der Waals surface area contributed by atoms with Gasteiger partial charge in [-0.05, 0) is 18.2 Å². The van der Waals surface area contributed by atoms with Crippen molar-refractivity contribution in [2.24, 2.45) is 0 Å². The first kappa shape index (κ1) is 21.5. The lowest BCUT2D eigenvalue weighted by atomic mass is 10.3. The van der Waals surface area contributed by atoms with E-state index in [4.69, 9.17) is 11.6 Å². The molecule has 2 aromatic rings. The highest BCUT2D eigenvalue weighted by atomic mass is 79.9. The Kier molecular flexibility index (Phi) is 5.97. The van der Waals surface area contributed by atoms with E-state index in [0.717, 1.165) is 14.8 Å². The number of anilines is 1. The number of thioether (sulfide) groups is 2. The van der Waals surface area contributed by atoms with Crippen LogP contribution in [0.25, 0.3) is 6.08 Å². The monoisotopic (exact) mass is 555 g/mol. The molecule has 0 saturated heterocycles. The maximum absolute atomic E-state index is 11.6. The van der Waals surface area contributed by atoms with E-state index >= 15 is 0 Å². The molecule has 0 radical (unpaired) electrons. The van der Waals surface area contributed by atoms with Crippen molar-refractivity contribution in [3.8, 4) is 0 Å². The number of aliphatic carboxylic acids is 1. The Morgan fingerprint density at radius 2 is 2.21 bits per heavy atom. The molecule has 7 nitrogen and oxygen atoms in total. The highest BCUT2D eigenvalue weighted by Gasteiger charge is 2.37. The number of rotatable bonds is 5. The van der Waals surface area contributed by atoms with E-state index in [1.54, 1.807) is 40.6 Å². The van der Waals surface area contributed by atoms with E-state index in [0.29, 0.717) is 27.2 Å². The molecule has 154 valence electrons. The van der Waals surface area contributed by atoms with Crippen molar-refractivity contribution in [2.75, 3.05) is 10.8 Å². The van der Waals surface area contributed by atoms with Gasteiger partial charge in [-0.2, -0.15) is 13.0 Å². The van der Waals surface area contributed by atoms with Crippen LogP contribution in [-0.4, -0.2) is 34.1 Å². The van der Waals surface area contributed by atoms with Gasteiger partial charge in [0.05, 0.1) is 27.4 Å². The standard InChI is InChI=1S/C16H12BrClN2O5S4/c17-12-4-10-16(27-12)28-13(19(10)6-15(21)22)5-14-20(7-29(23,24)25)9-3-8(18)1-2-11(9)26-14/h1-3,5,12H,4,6-7H2,(H-,21,22,23,24,25)/p+1. The quantitative estimate of drug-likeness (QED) is 0.325. The molecule has 29 heavy (non-hydrogen) atoms. The lowest BCUT2D eigenvalue weighted by Crippen LogP contribution is -2.42. The van der Waals surface area contributed by atoms with Gasteiger partial charge in [-0.1, -0.05) is 62.4 Å². The smallest absolute Gasteiger partial charge is 0.370 e. The molecule has 0 spiro atoms. The number of benzene rings is 1. The molecule has 1 aromatic heterocycles. The first-order chi connectivity index (χ1) is 13.6. The third kappa shape index (κ3) is 4.63. The summed E-state index contributed by atoms with van der Waals surface area (Å²) in [6, 6.07) is 5.13. The van der Waals surface area contributed by atoms with Crippen LogP contribution in [0.5, 0.6) is 0 Å². The minimum atomic E-state index is -4.30. The Balaban J connectivity index is 1.79. The van der Waals surface area contributed by atoms with E-state index in [2.05, 4.69) is 15.9 Å². The zero-order valence-corrected chi connectivity index (χ0v) is 20.0. The molecule has 2 aliphatic rings. The van der Waals surface area contributed by atoms with Crippen LogP contribution in [0.15, 0.2) is 32.3 Å². The molecule has 3 heterocycles. The van der Waals surface area contributed by atoms with Crippen molar-refractivity contribution in [1.82, 2.24) is 0 Å². The van der Waals surface area contributed by atoms with Gasteiger partial charge in [-0.15, -0.1) is 0 Å².